The fourth-order valence-electron chi connectivity index (χ4n) is 1.24. The van der Waals surface area contributed by atoms with Crippen molar-refractivity contribution in [2.75, 3.05) is 6.54 Å². The summed E-state index contributed by atoms with van der Waals surface area (Å²) >= 11 is 0. The van der Waals surface area contributed by atoms with Gasteiger partial charge in [0.1, 0.15) is 5.75 Å². The maximum atomic E-state index is 9.10. The molecule has 0 aliphatic heterocycles. The van der Waals surface area contributed by atoms with Gasteiger partial charge in [-0.3, -0.25) is 4.98 Å². The summed E-state index contributed by atoms with van der Waals surface area (Å²) in [5.41, 5.74) is 1.24. The molecule has 3 heteroatoms. The molecule has 0 radical (unpaired) electrons. The van der Waals surface area contributed by atoms with Crippen molar-refractivity contribution in [1.82, 2.24) is 10.3 Å². The Kier molecular flexibility index (Phi) is 4.30. The molecule has 0 bridgehead atoms. The van der Waals surface area contributed by atoms with Gasteiger partial charge in [-0.15, -0.1) is 0 Å². The SMILES string of the molecule is CC(C)C(C)(C)CNCc1ccc(O)cn1. The molecule has 1 aromatic heterocycles. The Morgan fingerprint density at radius 3 is 2.56 bits per heavy atom. The predicted octanol–water partition coefficient (Wildman–Crippen LogP) is 2.56. The molecule has 0 aliphatic carbocycles. The van der Waals surface area contributed by atoms with Crippen molar-refractivity contribution in [3.63, 3.8) is 0 Å². The highest BCUT2D eigenvalue weighted by Crippen LogP contribution is 2.24. The summed E-state index contributed by atoms with van der Waals surface area (Å²) in [6.07, 6.45) is 1.48. The molecule has 90 valence electrons. The fraction of sp³-hybridized carbons (Fsp3) is 0.615. The van der Waals surface area contributed by atoms with E-state index in [4.69, 9.17) is 5.11 Å². The van der Waals surface area contributed by atoms with Crippen molar-refractivity contribution in [2.45, 2.75) is 34.2 Å². The Hall–Kier alpha value is -1.09. The smallest absolute Gasteiger partial charge is 0.133 e. The lowest BCUT2D eigenvalue weighted by Crippen LogP contribution is -2.33. The van der Waals surface area contributed by atoms with Gasteiger partial charge in [-0.1, -0.05) is 27.7 Å². The van der Waals surface area contributed by atoms with Crippen LogP contribution < -0.4 is 5.32 Å². The van der Waals surface area contributed by atoms with Gasteiger partial charge < -0.3 is 10.4 Å². The summed E-state index contributed by atoms with van der Waals surface area (Å²) in [4.78, 5) is 4.13. The lowest BCUT2D eigenvalue weighted by Gasteiger charge is -2.29. The second-order valence-electron chi connectivity index (χ2n) is 5.25. The Morgan fingerprint density at radius 1 is 1.38 bits per heavy atom. The monoisotopic (exact) mass is 222 g/mol. The first kappa shape index (κ1) is 13.0. The fourth-order valence-corrected chi connectivity index (χ4v) is 1.24. The van der Waals surface area contributed by atoms with Gasteiger partial charge in [-0.05, 0) is 23.5 Å². The highest BCUT2D eigenvalue weighted by molar-refractivity contribution is 5.17. The summed E-state index contributed by atoms with van der Waals surface area (Å²) in [7, 11) is 0. The van der Waals surface area contributed by atoms with E-state index in [0.29, 0.717) is 5.92 Å². The zero-order chi connectivity index (χ0) is 12.2. The van der Waals surface area contributed by atoms with Gasteiger partial charge in [0.15, 0.2) is 0 Å². The normalized spacial score (nSPS) is 12.1. The molecule has 0 saturated heterocycles. The number of aromatic hydroxyl groups is 1. The second kappa shape index (κ2) is 5.30. The third-order valence-corrected chi connectivity index (χ3v) is 3.26. The zero-order valence-electron chi connectivity index (χ0n) is 10.6. The van der Waals surface area contributed by atoms with Crippen LogP contribution in [0.15, 0.2) is 18.3 Å². The highest BCUT2D eigenvalue weighted by Gasteiger charge is 2.21. The van der Waals surface area contributed by atoms with Crippen LogP contribution in [0.4, 0.5) is 0 Å². The van der Waals surface area contributed by atoms with Crippen molar-refractivity contribution in [1.29, 1.82) is 0 Å². The quantitative estimate of drug-likeness (QED) is 0.804. The molecular formula is C13H22N2O. The number of nitrogens with zero attached hydrogens (tertiary/aromatic N) is 1. The van der Waals surface area contributed by atoms with E-state index in [1.54, 1.807) is 6.07 Å². The van der Waals surface area contributed by atoms with E-state index in [1.807, 2.05) is 6.07 Å². The van der Waals surface area contributed by atoms with E-state index in [-0.39, 0.29) is 11.2 Å². The third-order valence-electron chi connectivity index (χ3n) is 3.26. The van der Waals surface area contributed by atoms with Crippen LogP contribution in [0.5, 0.6) is 5.75 Å². The van der Waals surface area contributed by atoms with Gasteiger partial charge in [0.2, 0.25) is 0 Å². The number of pyridine rings is 1. The lowest BCUT2D eigenvalue weighted by atomic mass is 9.81. The molecule has 0 spiro atoms. The lowest BCUT2D eigenvalue weighted by molar-refractivity contribution is 0.237. The van der Waals surface area contributed by atoms with E-state index in [2.05, 4.69) is 38.0 Å². The minimum absolute atomic E-state index is 0.214. The van der Waals surface area contributed by atoms with Crippen molar-refractivity contribution >= 4 is 0 Å². The summed E-state index contributed by atoms with van der Waals surface area (Å²) < 4.78 is 0. The van der Waals surface area contributed by atoms with E-state index < -0.39 is 0 Å². The van der Waals surface area contributed by atoms with Crippen LogP contribution in [-0.4, -0.2) is 16.6 Å². The van der Waals surface area contributed by atoms with Crippen LogP contribution in [0.3, 0.4) is 0 Å². The van der Waals surface area contributed by atoms with Crippen molar-refractivity contribution in [3.8, 4) is 5.75 Å². The molecule has 2 N–H and O–H groups in total. The standard InChI is InChI=1S/C13H22N2O/c1-10(2)13(3,4)9-14-7-11-5-6-12(16)8-15-11/h5-6,8,10,14,16H,7,9H2,1-4H3. The molecule has 0 aromatic carbocycles. The van der Waals surface area contributed by atoms with Crippen LogP contribution in [-0.2, 0) is 6.54 Å². The second-order valence-corrected chi connectivity index (χ2v) is 5.25. The largest absolute Gasteiger partial charge is 0.506 e. The Balaban J connectivity index is 2.39. The first-order valence-corrected chi connectivity index (χ1v) is 5.76. The van der Waals surface area contributed by atoms with E-state index in [0.717, 1.165) is 18.8 Å². The van der Waals surface area contributed by atoms with Crippen LogP contribution in [0.25, 0.3) is 0 Å². The summed E-state index contributed by atoms with van der Waals surface area (Å²) in [6.45, 7) is 10.7. The molecule has 0 unspecified atom stereocenters. The molecule has 1 heterocycles. The molecule has 0 atom stereocenters. The molecule has 1 aromatic rings. The maximum Gasteiger partial charge on any atom is 0.133 e. The van der Waals surface area contributed by atoms with Crippen LogP contribution in [0.2, 0.25) is 0 Å². The number of nitrogens with one attached hydrogen (secondary N) is 1. The molecule has 0 saturated carbocycles. The maximum absolute atomic E-state index is 9.10. The van der Waals surface area contributed by atoms with Crippen molar-refractivity contribution < 1.29 is 5.11 Å². The van der Waals surface area contributed by atoms with E-state index in [1.165, 1.54) is 6.20 Å². The number of aromatic nitrogens is 1. The summed E-state index contributed by atoms with van der Waals surface area (Å²) in [5.74, 6) is 0.860. The van der Waals surface area contributed by atoms with Gasteiger partial charge in [0, 0.05) is 13.1 Å². The van der Waals surface area contributed by atoms with Crippen molar-refractivity contribution in [2.24, 2.45) is 11.3 Å². The minimum atomic E-state index is 0.214. The van der Waals surface area contributed by atoms with Gasteiger partial charge >= 0.3 is 0 Å². The number of hydrogen-bond donors (Lipinski definition) is 2. The highest BCUT2D eigenvalue weighted by atomic mass is 16.3. The van der Waals surface area contributed by atoms with E-state index in [9.17, 15) is 0 Å². The van der Waals surface area contributed by atoms with Gasteiger partial charge in [0.05, 0.1) is 11.9 Å². The van der Waals surface area contributed by atoms with Crippen LogP contribution in [0.1, 0.15) is 33.4 Å². The molecule has 0 fully saturated rings. The Morgan fingerprint density at radius 2 is 2.06 bits per heavy atom. The van der Waals surface area contributed by atoms with Gasteiger partial charge in [-0.25, -0.2) is 0 Å². The van der Waals surface area contributed by atoms with Gasteiger partial charge in [0.25, 0.3) is 0 Å². The van der Waals surface area contributed by atoms with Crippen molar-refractivity contribution in [3.05, 3.63) is 24.0 Å². The van der Waals surface area contributed by atoms with Gasteiger partial charge in [-0.2, -0.15) is 0 Å². The van der Waals surface area contributed by atoms with Crippen LogP contribution >= 0.6 is 0 Å². The zero-order valence-corrected chi connectivity index (χ0v) is 10.6. The Bertz CT molecular complexity index is 317. The first-order valence-electron chi connectivity index (χ1n) is 5.76. The molecule has 16 heavy (non-hydrogen) atoms. The molecule has 0 aliphatic rings. The molecular weight excluding hydrogens is 200 g/mol. The first-order chi connectivity index (χ1) is 7.42. The average molecular weight is 222 g/mol. The molecule has 1 rings (SSSR count). The third kappa shape index (κ3) is 3.81. The average Bonchev–Trinajstić information content (AvgIpc) is 2.20. The van der Waals surface area contributed by atoms with E-state index >= 15 is 0 Å². The Labute approximate surface area is 97.9 Å². The molecule has 3 nitrogen and oxygen atoms in total. The topological polar surface area (TPSA) is 45.1 Å². The molecule has 0 amide bonds. The summed E-state index contributed by atoms with van der Waals surface area (Å²) in [5, 5.41) is 12.5. The minimum Gasteiger partial charge on any atom is -0.506 e. The number of hydrogen-bond acceptors (Lipinski definition) is 3. The summed E-state index contributed by atoms with van der Waals surface area (Å²) in [6, 6.07) is 3.50. The number of rotatable bonds is 5. The predicted molar refractivity (Wildman–Crippen MR) is 66.2 cm³/mol. The van der Waals surface area contributed by atoms with Crippen LogP contribution in [0, 0.1) is 11.3 Å².